The molecule has 2 aromatic heterocycles. The molecule has 0 amide bonds. The highest BCUT2D eigenvalue weighted by Gasteiger charge is 2.37. The number of anilines is 1. The smallest absolute Gasteiger partial charge is 0.369 e. The van der Waals surface area contributed by atoms with Crippen LogP contribution in [0.3, 0.4) is 0 Å². The molecular formula is C11H9ClF4N4S. The van der Waals surface area contributed by atoms with E-state index in [0.717, 1.165) is 12.8 Å². The van der Waals surface area contributed by atoms with Gasteiger partial charge in [0.2, 0.25) is 5.28 Å². The number of alkyl halides is 3. The molecule has 0 aromatic carbocycles. The molecule has 0 aliphatic heterocycles. The topological polar surface area (TPSA) is 42.7 Å². The summed E-state index contributed by atoms with van der Waals surface area (Å²) >= 11 is 5.35. The van der Waals surface area contributed by atoms with Gasteiger partial charge in [-0.05, 0) is 30.4 Å². The normalized spacial score (nSPS) is 15.7. The minimum atomic E-state index is -4.63. The minimum absolute atomic E-state index is 0.0166. The number of nitrogens with zero attached hydrogens (tertiary/aromatic N) is 3. The molecular weight excluding hydrogens is 332 g/mol. The lowest BCUT2D eigenvalue weighted by molar-refractivity contribution is -0.136. The van der Waals surface area contributed by atoms with Crippen molar-refractivity contribution in [3.8, 4) is 0 Å². The van der Waals surface area contributed by atoms with Gasteiger partial charge in [0.05, 0.1) is 10.9 Å². The van der Waals surface area contributed by atoms with E-state index in [4.69, 9.17) is 11.6 Å². The number of nitrogens with one attached hydrogen (secondary N) is 1. The van der Waals surface area contributed by atoms with Crippen LogP contribution in [0.25, 0.3) is 11.0 Å². The van der Waals surface area contributed by atoms with Crippen LogP contribution < -0.4 is 5.32 Å². The Bertz CT molecular complexity index is 683. The van der Waals surface area contributed by atoms with Crippen molar-refractivity contribution < 1.29 is 17.1 Å². The third kappa shape index (κ3) is 2.89. The molecule has 1 N–H and O–H groups in total. The summed E-state index contributed by atoms with van der Waals surface area (Å²) < 4.78 is 52.8. The molecule has 1 fully saturated rings. The summed E-state index contributed by atoms with van der Waals surface area (Å²) in [5, 5.41) is 2.36. The van der Waals surface area contributed by atoms with Gasteiger partial charge in [-0.3, -0.25) is 0 Å². The molecule has 10 heteroatoms. The molecule has 0 unspecified atom stereocenters. The van der Waals surface area contributed by atoms with E-state index in [2.05, 4.69) is 15.3 Å². The van der Waals surface area contributed by atoms with Crippen molar-refractivity contribution in [2.45, 2.75) is 19.0 Å². The first kappa shape index (κ1) is 14.7. The highest BCUT2D eigenvalue weighted by Crippen LogP contribution is 2.40. The largest absolute Gasteiger partial charge is 0.418 e. The van der Waals surface area contributed by atoms with E-state index in [1.54, 1.807) is 0 Å². The van der Waals surface area contributed by atoms with Crippen molar-refractivity contribution in [2.75, 3.05) is 11.9 Å². The standard InChI is InChI=1S/C11H9ClF4N4S/c12-10-18-8(17-3-5-1-2-5)7-6(11(13,14)15)4-20(21-16)9(7)19-10/h4-5H,1-3H2,(H,17,18,19). The van der Waals surface area contributed by atoms with Crippen molar-refractivity contribution in [3.63, 3.8) is 0 Å². The fraction of sp³-hybridized carbons (Fsp3) is 0.455. The Labute approximate surface area is 126 Å². The molecule has 0 spiro atoms. The summed E-state index contributed by atoms with van der Waals surface area (Å²) in [6, 6.07) is 0. The maximum absolute atomic E-state index is 13.1. The minimum Gasteiger partial charge on any atom is -0.369 e. The number of halogens is 5. The van der Waals surface area contributed by atoms with Gasteiger partial charge in [0.1, 0.15) is 5.82 Å². The maximum Gasteiger partial charge on any atom is 0.418 e. The third-order valence-corrected chi connectivity index (χ3v) is 3.82. The summed E-state index contributed by atoms with van der Waals surface area (Å²) in [5.41, 5.74) is -1.19. The van der Waals surface area contributed by atoms with E-state index < -0.39 is 11.7 Å². The number of fused-ring (bicyclic) bond motifs is 1. The SMILES string of the molecule is FSn1cc(C(F)(F)F)c2c(NCC3CC3)nc(Cl)nc21. The second-order valence-electron chi connectivity index (χ2n) is 4.80. The molecule has 1 aliphatic rings. The summed E-state index contributed by atoms with van der Waals surface area (Å²) in [7, 11) is 0. The monoisotopic (exact) mass is 340 g/mol. The van der Waals surface area contributed by atoms with Crippen LogP contribution in [-0.4, -0.2) is 20.5 Å². The number of aromatic nitrogens is 3. The molecule has 1 saturated carbocycles. The predicted molar refractivity (Wildman–Crippen MR) is 72.9 cm³/mol. The van der Waals surface area contributed by atoms with Gasteiger partial charge in [-0.2, -0.15) is 18.2 Å². The lowest BCUT2D eigenvalue weighted by Crippen LogP contribution is -2.09. The Balaban J connectivity index is 2.16. The van der Waals surface area contributed by atoms with Gasteiger partial charge in [0, 0.05) is 12.7 Å². The average molecular weight is 341 g/mol. The Hall–Kier alpha value is -1.22. The molecule has 0 bridgehead atoms. The molecule has 114 valence electrons. The Morgan fingerprint density at radius 3 is 2.67 bits per heavy atom. The Kier molecular flexibility index (Phi) is 3.64. The van der Waals surface area contributed by atoms with E-state index in [0.29, 0.717) is 22.6 Å². The maximum atomic E-state index is 13.1. The second-order valence-corrected chi connectivity index (χ2v) is 5.67. The molecule has 3 rings (SSSR count). The van der Waals surface area contributed by atoms with Crippen LogP contribution >= 0.6 is 23.9 Å². The van der Waals surface area contributed by atoms with Crippen LogP contribution in [0.15, 0.2) is 6.20 Å². The quantitative estimate of drug-likeness (QED) is 0.665. The van der Waals surface area contributed by atoms with Crippen LogP contribution in [-0.2, 0) is 6.18 Å². The number of hydrogen-bond acceptors (Lipinski definition) is 4. The van der Waals surface area contributed by atoms with Gasteiger partial charge in [-0.15, -0.1) is 3.89 Å². The highest BCUT2D eigenvalue weighted by molar-refractivity contribution is 7.92. The first-order valence-electron chi connectivity index (χ1n) is 6.09. The Morgan fingerprint density at radius 1 is 1.38 bits per heavy atom. The third-order valence-electron chi connectivity index (χ3n) is 3.22. The van der Waals surface area contributed by atoms with Crippen LogP contribution in [0.2, 0.25) is 5.28 Å². The molecule has 2 heterocycles. The van der Waals surface area contributed by atoms with E-state index in [1.165, 1.54) is 0 Å². The summed E-state index contributed by atoms with van der Waals surface area (Å²) in [5.74, 6) is 0.415. The van der Waals surface area contributed by atoms with Gasteiger partial charge in [-0.1, -0.05) is 0 Å². The van der Waals surface area contributed by atoms with Gasteiger partial charge in [0.15, 0.2) is 18.0 Å². The predicted octanol–water partition coefficient (Wildman–Crippen LogP) is 4.31. The fourth-order valence-electron chi connectivity index (χ4n) is 2.03. The van der Waals surface area contributed by atoms with E-state index in [-0.39, 0.29) is 34.5 Å². The first-order chi connectivity index (χ1) is 9.90. The molecule has 1 aliphatic carbocycles. The van der Waals surface area contributed by atoms with Crippen molar-refractivity contribution in [2.24, 2.45) is 5.92 Å². The second kappa shape index (κ2) is 5.20. The molecule has 0 radical (unpaired) electrons. The molecule has 21 heavy (non-hydrogen) atoms. The van der Waals surface area contributed by atoms with Gasteiger partial charge in [0.25, 0.3) is 0 Å². The van der Waals surface area contributed by atoms with E-state index >= 15 is 0 Å². The van der Waals surface area contributed by atoms with Gasteiger partial charge >= 0.3 is 6.18 Å². The summed E-state index contributed by atoms with van der Waals surface area (Å²) in [6.45, 7) is 0.508. The Morgan fingerprint density at radius 2 is 2.10 bits per heavy atom. The van der Waals surface area contributed by atoms with Crippen LogP contribution in [0.5, 0.6) is 0 Å². The van der Waals surface area contributed by atoms with Crippen molar-refractivity contribution >= 4 is 40.8 Å². The van der Waals surface area contributed by atoms with Crippen molar-refractivity contribution in [1.82, 2.24) is 13.9 Å². The highest BCUT2D eigenvalue weighted by atomic mass is 35.5. The van der Waals surface area contributed by atoms with Crippen LogP contribution in [0.4, 0.5) is 22.9 Å². The molecule has 2 aromatic rings. The van der Waals surface area contributed by atoms with E-state index in [1.807, 2.05) is 0 Å². The van der Waals surface area contributed by atoms with Gasteiger partial charge in [-0.25, -0.2) is 8.96 Å². The van der Waals surface area contributed by atoms with Crippen LogP contribution in [0.1, 0.15) is 18.4 Å². The molecule has 4 nitrogen and oxygen atoms in total. The average Bonchev–Trinajstić information content (AvgIpc) is 3.14. The number of rotatable bonds is 4. The zero-order valence-electron chi connectivity index (χ0n) is 10.4. The lowest BCUT2D eigenvalue weighted by Gasteiger charge is -2.09. The fourth-order valence-corrected chi connectivity index (χ4v) is 2.54. The number of hydrogen-bond donors (Lipinski definition) is 1. The summed E-state index contributed by atoms with van der Waals surface area (Å²) in [6.07, 6.45) is -1.92. The molecule has 0 atom stereocenters. The zero-order valence-corrected chi connectivity index (χ0v) is 12.0. The van der Waals surface area contributed by atoms with Crippen molar-refractivity contribution in [1.29, 1.82) is 0 Å². The zero-order chi connectivity index (χ0) is 15.2. The van der Waals surface area contributed by atoms with E-state index in [9.17, 15) is 17.1 Å². The lowest BCUT2D eigenvalue weighted by atomic mass is 10.2. The molecule has 0 saturated heterocycles. The van der Waals surface area contributed by atoms with Gasteiger partial charge < -0.3 is 5.32 Å². The first-order valence-corrected chi connectivity index (χ1v) is 7.14. The summed E-state index contributed by atoms with van der Waals surface area (Å²) in [4.78, 5) is 7.52. The van der Waals surface area contributed by atoms with Crippen molar-refractivity contribution in [3.05, 3.63) is 17.0 Å². The van der Waals surface area contributed by atoms with Crippen LogP contribution in [0, 0.1) is 5.92 Å².